The third-order valence-electron chi connectivity index (χ3n) is 2.74. The molecule has 1 atom stereocenters. The summed E-state index contributed by atoms with van der Waals surface area (Å²) in [6.07, 6.45) is 2.22. The summed E-state index contributed by atoms with van der Waals surface area (Å²) in [5.41, 5.74) is 0.534. The first-order valence-corrected chi connectivity index (χ1v) is 6.23. The smallest absolute Gasteiger partial charge is 0.227 e. The molecule has 0 spiro atoms. The molecular formula is C12H10Cl3NO. The molecule has 0 saturated carbocycles. The van der Waals surface area contributed by atoms with Crippen molar-refractivity contribution in [1.29, 1.82) is 0 Å². The van der Waals surface area contributed by atoms with E-state index in [1.165, 1.54) is 0 Å². The van der Waals surface area contributed by atoms with Gasteiger partial charge in [0, 0.05) is 23.9 Å². The maximum Gasteiger partial charge on any atom is 0.227 e. The van der Waals surface area contributed by atoms with E-state index in [-0.39, 0.29) is 11.8 Å². The van der Waals surface area contributed by atoms with Crippen molar-refractivity contribution in [3.63, 3.8) is 0 Å². The molecule has 1 aliphatic rings. The van der Waals surface area contributed by atoms with Gasteiger partial charge in [0.2, 0.25) is 5.91 Å². The topological polar surface area (TPSA) is 20.3 Å². The normalized spacial score (nSPS) is 19.8. The van der Waals surface area contributed by atoms with E-state index >= 15 is 0 Å². The fraction of sp³-hybridized carbons (Fsp3) is 0.250. The van der Waals surface area contributed by atoms with E-state index in [1.807, 2.05) is 0 Å². The summed E-state index contributed by atoms with van der Waals surface area (Å²) in [4.78, 5) is 13.5. The SMILES string of the molecule is C=CC1CC(=O)N(c2c(Cl)cc(Cl)cc2Cl)C1. The predicted molar refractivity (Wildman–Crippen MR) is 72.1 cm³/mol. The van der Waals surface area contributed by atoms with Crippen molar-refractivity contribution < 1.29 is 4.79 Å². The van der Waals surface area contributed by atoms with Gasteiger partial charge in [-0.1, -0.05) is 40.9 Å². The van der Waals surface area contributed by atoms with Gasteiger partial charge < -0.3 is 4.90 Å². The van der Waals surface area contributed by atoms with Crippen molar-refractivity contribution in [1.82, 2.24) is 0 Å². The Morgan fingerprint density at radius 2 is 1.88 bits per heavy atom. The van der Waals surface area contributed by atoms with E-state index in [0.29, 0.717) is 33.7 Å². The molecule has 17 heavy (non-hydrogen) atoms. The molecular weight excluding hydrogens is 280 g/mol. The number of carbonyl (C=O) groups is 1. The molecule has 5 heteroatoms. The van der Waals surface area contributed by atoms with Gasteiger partial charge in [-0.2, -0.15) is 0 Å². The number of amides is 1. The maximum absolute atomic E-state index is 11.9. The molecule has 1 aromatic rings. The molecule has 1 saturated heterocycles. The lowest BCUT2D eigenvalue weighted by atomic mass is 10.1. The molecule has 1 aromatic carbocycles. The predicted octanol–water partition coefficient (Wildman–Crippen LogP) is 4.19. The van der Waals surface area contributed by atoms with Crippen LogP contribution < -0.4 is 4.90 Å². The molecule has 0 bridgehead atoms. The average Bonchev–Trinajstić information content (AvgIpc) is 2.59. The van der Waals surface area contributed by atoms with E-state index in [4.69, 9.17) is 34.8 Å². The van der Waals surface area contributed by atoms with Gasteiger partial charge in [0.25, 0.3) is 0 Å². The van der Waals surface area contributed by atoms with Gasteiger partial charge in [-0.3, -0.25) is 4.79 Å². The standard InChI is InChI=1S/C12H10Cl3NO/c1-2-7-3-11(17)16(6-7)12-9(14)4-8(13)5-10(12)15/h2,4-5,7H,1,3,6H2. The zero-order valence-corrected chi connectivity index (χ0v) is 11.2. The molecule has 0 N–H and O–H groups in total. The van der Waals surface area contributed by atoms with Gasteiger partial charge in [-0.15, -0.1) is 6.58 Å². The first-order valence-electron chi connectivity index (χ1n) is 5.10. The second-order valence-corrected chi connectivity index (χ2v) is 5.17. The second-order valence-electron chi connectivity index (χ2n) is 3.92. The Bertz CT molecular complexity index is 464. The van der Waals surface area contributed by atoms with Crippen LogP contribution in [0.1, 0.15) is 6.42 Å². The summed E-state index contributed by atoms with van der Waals surface area (Å²) >= 11 is 18.0. The van der Waals surface area contributed by atoms with Crippen molar-refractivity contribution in [2.75, 3.05) is 11.4 Å². The van der Waals surface area contributed by atoms with Gasteiger partial charge in [0.15, 0.2) is 0 Å². The summed E-state index contributed by atoms with van der Waals surface area (Å²) in [7, 11) is 0. The monoisotopic (exact) mass is 289 g/mol. The van der Waals surface area contributed by atoms with Gasteiger partial charge in [-0.25, -0.2) is 0 Å². The Labute approximate surface area is 115 Å². The lowest BCUT2D eigenvalue weighted by molar-refractivity contribution is -0.117. The molecule has 1 amide bonds. The number of anilines is 1. The third-order valence-corrected chi connectivity index (χ3v) is 3.53. The highest BCUT2D eigenvalue weighted by Crippen LogP contribution is 2.39. The van der Waals surface area contributed by atoms with Crippen molar-refractivity contribution in [2.24, 2.45) is 5.92 Å². The number of hydrogen-bond donors (Lipinski definition) is 0. The van der Waals surface area contributed by atoms with Gasteiger partial charge >= 0.3 is 0 Å². The zero-order chi connectivity index (χ0) is 12.6. The minimum absolute atomic E-state index is 0.000947. The Kier molecular flexibility index (Phi) is 3.67. The third kappa shape index (κ3) is 2.44. The number of carbonyl (C=O) groups excluding carboxylic acids is 1. The summed E-state index contributed by atoms with van der Waals surface area (Å²) < 4.78 is 0. The van der Waals surface area contributed by atoms with Crippen molar-refractivity contribution in [2.45, 2.75) is 6.42 Å². The second kappa shape index (κ2) is 4.89. The van der Waals surface area contributed by atoms with Crippen LogP contribution in [0.15, 0.2) is 24.8 Å². The summed E-state index contributed by atoms with van der Waals surface area (Å²) in [5.74, 6) is 0.145. The number of halogens is 3. The van der Waals surface area contributed by atoms with Crippen LogP contribution in [0, 0.1) is 5.92 Å². The van der Waals surface area contributed by atoms with E-state index in [1.54, 1.807) is 23.1 Å². The molecule has 1 aliphatic heterocycles. The van der Waals surface area contributed by atoms with E-state index in [2.05, 4.69) is 6.58 Å². The fourth-order valence-electron chi connectivity index (χ4n) is 1.90. The molecule has 0 aliphatic carbocycles. The Hall–Kier alpha value is -0.700. The van der Waals surface area contributed by atoms with Crippen molar-refractivity contribution in [3.8, 4) is 0 Å². The molecule has 0 radical (unpaired) electrons. The number of benzene rings is 1. The Balaban J connectivity index is 2.41. The van der Waals surface area contributed by atoms with Gasteiger partial charge in [0.1, 0.15) is 0 Å². The number of rotatable bonds is 2. The first kappa shape index (κ1) is 12.7. The minimum atomic E-state index is 0.000947. The molecule has 1 heterocycles. The molecule has 2 rings (SSSR count). The van der Waals surface area contributed by atoms with Crippen LogP contribution in [0.25, 0.3) is 0 Å². The average molecular weight is 291 g/mol. The highest BCUT2D eigenvalue weighted by atomic mass is 35.5. The van der Waals surface area contributed by atoms with Crippen LogP contribution in [-0.2, 0) is 4.79 Å². The highest BCUT2D eigenvalue weighted by Gasteiger charge is 2.31. The quantitative estimate of drug-likeness (QED) is 0.748. The van der Waals surface area contributed by atoms with Crippen LogP contribution in [-0.4, -0.2) is 12.5 Å². The summed E-state index contributed by atoms with van der Waals surface area (Å²) in [5, 5.41) is 1.23. The van der Waals surface area contributed by atoms with E-state index in [9.17, 15) is 4.79 Å². The van der Waals surface area contributed by atoms with Crippen molar-refractivity contribution >= 4 is 46.4 Å². The van der Waals surface area contributed by atoms with Crippen LogP contribution in [0.5, 0.6) is 0 Å². The summed E-state index contributed by atoms with van der Waals surface area (Å²) in [6.45, 7) is 4.26. The van der Waals surface area contributed by atoms with Crippen molar-refractivity contribution in [3.05, 3.63) is 39.9 Å². The minimum Gasteiger partial charge on any atom is -0.309 e. The molecule has 90 valence electrons. The van der Waals surface area contributed by atoms with E-state index in [0.717, 1.165) is 0 Å². The lowest BCUT2D eigenvalue weighted by Gasteiger charge is -2.19. The zero-order valence-electron chi connectivity index (χ0n) is 8.92. The largest absolute Gasteiger partial charge is 0.309 e. The molecule has 1 fully saturated rings. The van der Waals surface area contributed by atoms with Gasteiger partial charge in [-0.05, 0) is 12.1 Å². The number of hydrogen-bond acceptors (Lipinski definition) is 1. The molecule has 1 unspecified atom stereocenters. The van der Waals surface area contributed by atoms with Crippen LogP contribution in [0.2, 0.25) is 15.1 Å². The van der Waals surface area contributed by atoms with Crippen LogP contribution in [0.4, 0.5) is 5.69 Å². The molecule has 0 aromatic heterocycles. The number of nitrogens with zero attached hydrogens (tertiary/aromatic N) is 1. The maximum atomic E-state index is 11.9. The van der Waals surface area contributed by atoms with Crippen LogP contribution >= 0.6 is 34.8 Å². The van der Waals surface area contributed by atoms with Crippen LogP contribution in [0.3, 0.4) is 0 Å². The Morgan fingerprint density at radius 3 is 2.35 bits per heavy atom. The fourth-order valence-corrected chi connectivity index (χ4v) is 2.92. The highest BCUT2D eigenvalue weighted by molar-refractivity contribution is 6.42. The Morgan fingerprint density at radius 1 is 1.29 bits per heavy atom. The summed E-state index contributed by atoms with van der Waals surface area (Å²) in [6, 6.07) is 3.16. The molecule has 2 nitrogen and oxygen atoms in total. The van der Waals surface area contributed by atoms with E-state index < -0.39 is 0 Å². The van der Waals surface area contributed by atoms with Gasteiger partial charge in [0.05, 0.1) is 15.7 Å². The first-order chi connectivity index (χ1) is 8.02. The lowest BCUT2D eigenvalue weighted by Crippen LogP contribution is -2.25.